The van der Waals surface area contributed by atoms with Crippen LogP contribution in [0.3, 0.4) is 0 Å². The molecular weight excluding hydrogens is 624 g/mol. The Balaban J connectivity index is 1.47. The van der Waals surface area contributed by atoms with Gasteiger partial charge in [-0.2, -0.15) is 0 Å². The Morgan fingerprint density at radius 3 is 1.92 bits per heavy atom. The molecule has 3 saturated carbocycles. The van der Waals surface area contributed by atoms with Crippen molar-refractivity contribution in [2.45, 2.75) is 115 Å². The summed E-state index contributed by atoms with van der Waals surface area (Å²) in [5.74, 6) is -3.89. The molecule has 3 aliphatic carbocycles. The summed E-state index contributed by atoms with van der Waals surface area (Å²) in [5, 5.41) is 0. The summed E-state index contributed by atoms with van der Waals surface area (Å²) in [7, 11) is 0. The van der Waals surface area contributed by atoms with E-state index in [9.17, 15) is 24.0 Å². The Hall–Kier alpha value is -3.77. The number of carbonyl (C=O) groups is 5. The fraction of sp³-hybridized carbons (Fsp3) is 0.639. The average Bonchev–Trinajstić information content (AvgIpc) is 3.92. The Kier molecular flexibility index (Phi) is 8.51. The van der Waals surface area contributed by atoms with E-state index in [1.54, 1.807) is 6.08 Å². The third-order valence-electron chi connectivity index (χ3n) is 11.6. The molecule has 0 amide bonds. The summed E-state index contributed by atoms with van der Waals surface area (Å²) in [6.07, 6.45) is -0.897. The number of ether oxygens (including phenoxy) is 7. The lowest BCUT2D eigenvalue weighted by atomic mass is 9.48. The molecule has 2 bridgehead atoms. The van der Waals surface area contributed by atoms with Crippen molar-refractivity contribution in [1.82, 2.24) is 0 Å². The average molecular weight is 669 g/mol. The van der Waals surface area contributed by atoms with Crippen LogP contribution in [0.5, 0.6) is 0 Å². The summed E-state index contributed by atoms with van der Waals surface area (Å²) in [6, 6.07) is 9.31. The Morgan fingerprint density at radius 1 is 0.750 bits per heavy atom. The first-order valence-electron chi connectivity index (χ1n) is 16.5. The molecule has 0 aromatic heterocycles. The van der Waals surface area contributed by atoms with Gasteiger partial charge in [-0.3, -0.25) is 19.2 Å². The van der Waals surface area contributed by atoms with E-state index in [4.69, 9.17) is 33.2 Å². The van der Waals surface area contributed by atoms with Crippen molar-refractivity contribution in [3.05, 3.63) is 42.0 Å². The largest absolute Gasteiger partial charge is 0.462 e. The Bertz CT molecular complexity index is 1520. The molecule has 5 aliphatic rings. The summed E-state index contributed by atoms with van der Waals surface area (Å²) in [4.78, 5) is 64.1. The van der Waals surface area contributed by atoms with Gasteiger partial charge in [0.15, 0.2) is 12.2 Å². The normalized spacial score (nSPS) is 42.2. The van der Waals surface area contributed by atoms with Crippen LogP contribution >= 0.6 is 0 Å². The van der Waals surface area contributed by atoms with Crippen molar-refractivity contribution in [3.63, 3.8) is 0 Å². The fourth-order valence-corrected chi connectivity index (χ4v) is 9.41. The van der Waals surface area contributed by atoms with Crippen molar-refractivity contribution >= 4 is 35.9 Å². The van der Waals surface area contributed by atoms with Crippen molar-refractivity contribution < 1.29 is 57.1 Å². The number of hydrogen-bond donors (Lipinski definition) is 0. The second-order valence-electron chi connectivity index (χ2n) is 14.3. The van der Waals surface area contributed by atoms with Crippen LogP contribution in [-0.4, -0.2) is 83.8 Å². The first-order valence-corrected chi connectivity index (χ1v) is 16.5. The van der Waals surface area contributed by atoms with Gasteiger partial charge in [-0.05, 0) is 43.2 Å². The van der Waals surface area contributed by atoms with Gasteiger partial charge in [0.2, 0.25) is 0 Å². The predicted octanol–water partition coefficient (Wildman–Crippen LogP) is 3.72. The highest BCUT2D eigenvalue weighted by Crippen LogP contribution is 2.71. The minimum Gasteiger partial charge on any atom is -0.462 e. The zero-order valence-electron chi connectivity index (χ0n) is 28.4. The second kappa shape index (κ2) is 12.0. The van der Waals surface area contributed by atoms with Gasteiger partial charge >= 0.3 is 29.8 Å². The molecule has 6 rings (SSSR count). The maximum Gasteiger partial charge on any atom is 0.331 e. The van der Waals surface area contributed by atoms with Crippen LogP contribution in [0, 0.1) is 23.2 Å². The van der Waals surface area contributed by atoms with E-state index in [0.29, 0.717) is 12.8 Å². The van der Waals surface area contributed by atoms with Crippen molar-refractivity contribution in [3.8, 4) is 0 Å². The van der Waals surface area contributed by atoms with Crippen LogP contribution < -0.4 is 0 Å². The summed E-state index contributed by atoms with van der Waals surface area (Å²) in [5.41, 5.74) is -3.66. The van der Waals surface area contributed by atoms with Gasteiger partial charge in [-0.25, -0.2) is 4.79 Å². The minimum atomic E-state index is -1.21. The van der Waals surface area contributed by atoms with Gasteiger partial charge in [-0.15, -0.1) is 0 Å². The first-order chi connectivity index (χ1) is 22.6. The zero-order chi connectivity index (χ0) is 34.8. The lowest BCUT2D eigenvalue weighted by Crippen LogP contribution is -2.71. The van der Waals surface area contributed by atoms with Gasteiger partial charge in [0.1, 0.15) is 35.1 Å². The molecule has 0 unspecified atom stereocenters. The topological polar surface area (TPSA) is 157 Å². The zero-order valence-corrected chi connectivity index (χ0v) is 28.4. The van der Waals surface area contributed by atoms with Crippen LogP contribution in [0.1, 0.15) is 73.3 Å². The molecule has 2 heterocycles. The maximum absolute atomic E-state index is 13.3. The highest BCUT2D eigenvalue weighted by molar-refractivity contribution is 5.87. The molecular formula is C36H44O12. The van der Waals surface area contributed by atoms with E-state index in [0.717, 1.165) is 5.56 Å². The first kappa shape index (κ1) is 34.1. The standard InChI is InChI=1S/C36H44O12/c1-19-25-15-26-33(6,31(45-22(4)39)32(46-23(5)40)36(19)34(7,48-36)28(16-25)44-21(3)38)27(43-20(2)37)17-29(35(26)18-42-35)47-30(41)14-13-24-11-9-8-10-12-24/h8-14,19,25-29,31-32H,15-18H2,1-7H3/b14-13+/t19-,25-,26+,27+,28+,29+,31+,32+,33+,34+,35-,36+/m1/s1. The number of carbonyl (C=O) groups excluding carboxylic acids is 5. The van der Waals surface area contributed by atoms with Gasteiger partial charge in [0, 0.05) is 46.1 Å². The molecule has 1 aromatic carbocycles. The van der Waals surface area contributed by atoms with Crippen LogP contribution in [0.25, 0.3) is 6.08 Å². The van der Waals surface area contributed by atoms with E-state index in [1.807, 2.05) is 51.1 Å². The number of rotatable bonds is 7. The van der Waals surface area contributed by atoms with E-state index >= 15 is 0 Å². The molecule has 48 heavy (non-hydrogen) atoms. The van der Waals surface area contributed by atoms with Gasteiger partial charge in [0.25, 0.3) is 0 Å². The van der Waals surface area contributed by atoms with Crippen LogP contribution in [0.15, 0.2) is 36.4 Å². The van der Waals surface area contributed by atoms with E-state index in [-0.39, 0.29) is 24.9 Å². The van der Waals surface area contributed by atoms with Crippen molar-refractivity contribution in [1.29, 1.82) is 0 Å². The number of epoxide rings is 2. The Labute approximate surface area is 279 Å². The molecule has 2 saturated heterocycles. The predicted molar refractivity (Wildman–Crippen MR) is 167 cm³/mol. The molecule has 2 spiro atoms. The molecule has 0 radical (unpaired) electrons. The monoisotopic (exact) mass is 668 g/mol. The molecule has 260 valence electrons. The van der Waals surface area contributed by atoms with Crippen LogP contribution in [0.2, 0.25) is 0 Å². The highest BCUT2D eigenvalue weighted by atomic mass is 16.7. The minimum absolute atomic E-state index is 0.0451. The van der Waals surface area contributed by atoms with E-state index in [2.05, 4.69) is 0 Å². The lowest BCUT2D eigenvalue weighted by molar-refractivity contribution is -0.249. The molecule has 2 aliphatic heterocycles. The molecule has 1 aromatic rings. The summed E-state index contributed by atoms with van der Waals surface area (Å²) < 4.78 is 43.1. The third-order valence-corrected chi connectivity index (χ3v) is 11.6. The molecule has 0 N–H and O–H groups in total. The van der Waals surface area contributed by atoms with Gasteiger partial charge in [0.05, 0.1) is 12.0 Å². The second-order valence-corrected chi connectivity index (χ2v) is 14.3. The number of hydrogen-bond acceptors (Lipinski definition) is 12. The lowest BCUT2D eigenvalue weighted by Gasteiger charge is -2.59. The highest BCUT2D eigenvalue weighted by Gasteiger charge is 2.86. The fourth-order valence-electron chi connectivity index (χ4n) is 9.41. The van der Waals surface area contributed by atoms with Crippen molar-refractivity contribution in [2.24, 2.45) is 23.2 Å². The van der Waals surface area contributed by atoms with Gasteiger partial charge < -0.3 is 33.2 Å². The van der Waals surface area contributed by atoms with Crippen molar-refractivity contribution in [2.75, 3.05) is 6.61 Å². The summed E-state index contributed by atoms with van der Waals surface area (Å²) in [6.45, 7) is 11.1. The number of esters is 5. The maximum atomic E-state index is 13.3. The summed E-state index contributed by atoms with van der Waals surface area (Å²) >= 11 is 0. The molecule has 12 atom stereocenters. The van der Waals surface area contributed by atoms with Crippen LogP contribution in [0.4, 0.5) is 0 Å². The van der Waals surface area contributed by atoms with Gasteiger partial charge in [-0.1, -0.05) is 44.2 Å². The molecule has 12 nitrogen and oxygen atoms in total. The molecule has 5 fully saturated rings. The smallest absolute Gasteiger partial charge is 0.331 e. The number of benzene rings is 1. The number of fused-ring (bicyclic) bond motifs is 3. The molecule has 12 heteroatoms. The van der Waals surface area contributed by atoms with E-state index < -0.39 is 88.5 Å². The SMILES string of the molecule is CC(=O)O[C@H]1C[C@H](OC(=O)/C=C/c2ccccc2)[C@@]2(CO2)[C@H]2C[C@@H]3C[C@H](OC(C)=O)[C@]4(C)O[C@@]4([C@@H]3C)[C@@H](OC(C)=O)[C@H](OC(C)=O)[C@]12C. The van der Waals surface area contributed by atoms with Crippen LogP contribution in [-0.2, 0) is 57.1 Å². The third kappa shape index (κ3) is 5.41. The quantitative estimate of drug-likeness (QED) is 0.180. The Morgan fingerprint density at radius 2 is 1.33 bits per heavy atom. The van der Waals surface area contributed by atoms with E-state index in [1.165, 1.54) is 33.8 Å².